The van der Waals surface area contributed by atoms with Crippen LogP contribution in [0.15, 0.2) is 17.0 Å². The summed E-state index contributed by atoms with van der Waals surface area (Å²) in [4.78, 5) is 0.329. The molecule has 0 bridgehead atoms. The summed E-state index contributed by atoms with van der Waals surface area (Å²) in [5.41, 5.74) is 8.10. The van der Waals surface area contributed by atoms with Crippen molar-refractivity contribution in [1.82, 2.24) is 4.31 Å². The quantitative estimate of drug-likeness (QED) is 0.855. The van der Waals surface area contributed by atoms with Crippen LogP contribution in [0.1, 0.15) is 43.2 Å². The number of fused-ring (bicyclic) bond motifs is 1. The van der Waals surface area contributed by atoms with Gasteiger partial charge in [0.25, 0.3) is 0 Å². The maximum Gasteiger partial charge on any atom is 0.245 e. The van der Waals surface area contributed by atoms with Crippen LogP contribution in [0.4, 0.5) is 5.69 Å². The van der Waals surface area contributed by atoms with Crippen LogP contribution >= 0.6 is 0 Å². The zero-order valence-corrected chi connectivity index (χ0v) is 13.6. The van der Waals surface area contributed by atoms with E-state index < -0.39 is 10.0 Å². The van der Waals surface area contributed by atoms with Crippen LogP contribution in [0.25, 0.3) is 0 Å². The van der Waals surface area contributed by atoms with Crippen LogP contribution in [0.3, 0.4) is 0 Å². The van der Waals surface area contributed by atoms with E-state index in [2.05, 4.69) is 0 Å². The fraction of sp³-hybridized carbons (Fsp3) is 0.625. The second kappa shape index (κ2) is 5.29. The third kappa shape index (κ3) is 2.36. The fourth-order valence-corrected chi connectivity index (χ4v) is 6.13. The van der Waals surface area contributed by atoms with Gasteiger partial charge in [-0.1, -0.05) is 18.6 Å². The first-order valence-corrected chi connectivity index (χ1v) is 9.24. The highest BCUT2D eigenvalue weighted by Gasteiger charge is 2.42. The SMILES string of the molecule is Cc1ccc(C)c(S(=O)(=O)N2CCCC3CCCC32)c1N. The predicted molar refractivity (Wildman–Crippen MR) is 84.6 cm³/mol. The molecule has 2 fully saturated rings. The van der Waals surface area contributed by atoms with E-state index in [0.29, 0.717) is 23.0 Å². The van der Waals surface area contributed by atoms with Gasteiger partial charge in [-0.25, -0.2) is 8.42 Å². The summed E-state index contributed by atoms with van der Waals surface area (Å²) in [7, 11) is -3.49. The molecule has 1 aliphatic carbocycles. The minimum absolute atomic E-state index is 0.183. The molecule has 116 valence electrons. The Morgan fingerprint density at radius 3 is 2.52 bits per heavy atom. The number of sulfonamides is 1. The molecule has 2 atom stereocenters. The van der Waals surface area contributed by atoms with Crippen molar-refractivity contribution in [3.63, 3.8) is 0 Å². The molecule has 0 radical (unpaired) electrons. The first kappa shape index (κ1) is 14.9. The summed E-state index contributed by atoms with van der Waals surface area (Å²) >= 11 is 0. The number of nitrogens with zero attached hydrogens (tertiary/aromatic N) is 1. The first-order valence-electron chi connectivity index (χ1n) is 7.80. The van der Waals surface area contributed by atoms with Gasteiger partial charge in [-0.05, 0) is 56.6 Å². The van der Waals surface area contributed by atoms with Crippen molar-refractivity contribution in [2.45, 2.75) is 56.9 Å². The Kier molecular flexibility index (Phi) is 3.74. The van der Waals surface area contributed by atoms with Gasteiger partial charge >= 0.3 is 0 Å². The smallest absolute Gasteiger partial charge is 0.245 e. The van der Waals surface area contributed by atoms with E-state index in [1.165, 1.54) is 12.8 Å². The van der Waals surface area contributed by atoms with Crippen LogP contribution in [0.5, 0.6) is 0 Å². The summed E-state index contributed by atoms with van der Waals surface area (Å²) in [6.45, 7) is 4.33. The highest BCUT2D eigenvalue weighted by atomic mass is 32.2. The highest BCUT2D eigenvalue weighted by Crippen LogP contribution is 2.40. The Morgan fingerprint density at radius 1 is 1.10 bits per heavy atom. The number of hydrogen-bond donors (Lipinski definition) is 1. The van der Waals surface area contributed by atoms with Crippen molar-refractivity contribution in [2.75, 3.05) is 12.3 Å². The minimum atomic E-state index is -3.49. The van der Waals surface area contributed by atoms with Gasteiger partial charge in [0, 0.05) is 12.6 Å². The molecule has 1 heterocycles. The first-order chi connectivity index (χ1) is 9.93. The van der Waals surface area contributed by atoms with Gasteiger partial charge in [0.1, 0.15) is 4.90 Å². The Labute approximate surface area is 127 Å². The number of aryl methyl sites for hydroxylation is 2. The number of rotatable bonds is 2. The zero-order chi connectivity index (χ0) is 15.2. The molecular formula is C16H24N2O2S. The molecule has 3 rings (SSSR count). The van der Waals surface area contributed by atoms with Crippen LogP contribution in [0, 0.1) is 19.8 Å². The van der Waals surface area contributed by atoms with E-state index in [9.17, 15) is 8.42 Å². The monoisotopic (exact) mass is 308 g/mol. The third-order valence-electron chi connectivity index (χ3n) is 5.12. The minimum Gasteiger partial charge on any atom is -0.397 e. The second-order valence-electron chi connectivity index (χ2n) is 6.46. The summed E-state index contributed by atoms with van der Waals surface area (Å²) in [6, 6.07) is 3.93. The van der Waals surface area contributed by atoms with E-state index in [0.717, 1.165) is 30.4 Å². The van der Waals surface area contributed by atoms with Crippen molar-refractivity contribution in [1.29, 1.82) is 0 Å². The van der Waals surface area contributed by atoms with Crippen LogP contribution < -0.4 is 5.73 Å². The van der Waals surface area contributed by atoms with Gasteiger partial charge in [0.2, 0.25) is 10.0 Å². The Balaban J connectivity index is 2.06. The molecule has 5 heteroatoms. The van der Waals surface area contributed by atoms with Gasteiger partial charge in [-0.15, -0.1) is 0 Å². The molecule has 0 spiro atoms. The van der Waals surface area contributed by atoms with Crippen molar-refractivity contribution < 1.29 is 8.42 Å². The van der Waals surface area contributed by atoms with Crippen molar-refractivity contribution in [2.24, 2.45) is 5.92 Å². The topological polar surface area (TPSA) is 63.4 Å². The van der Waals surface area contributed by atoms with E-state index in [1.807, 2.05) is 26.0 Å². The average molecular weight is 308 g/mol. The fourth-order valence-electron chi connectivity index (χ4n) is 3.97. The molecule has 1 saturated carbocycles. The lowest BCUT2D eigenvalue weighted by Gasteiger charge is -2.37. The van der Waals surface area contributed by atoms with E-state index in [1.54, 1.807) is 4.31 Å². The standard InChI is InChI=1S/C16H24N2O2S/c1-11-8-9-12(2)16(15(11)17)21(19,20)18-10-4-6-13-5-3-7-14(13)18/h8-9,13-14H,3-7,10,17H2,1-2H3. The largest absolute Gasteiger partial charge is 0.397 e. The molecule has 21 heavy (non-hydrogen) atoms. The van der Waals surface area contributed by atoms with E-state index in [4.69, 9.17) is 5.73 Å². The summed E-state index contributed by atoms with van der Waals surface area (Å²) in [5, 5.41) is 0. The Bertz CT molecular complexity index is 654. The highest BCUT2D eigenvalue weighted by molar-refractivity contribution is 7.89. The van der Waals surface area contributed by atoms with Gasteiger partial charge in [-0.2, -0.15) is 4.31 Å². The molecule has 1 aromatic carbocycles. The Morgan fingerprint density at radius 2 is 1.76 bits per heavy atom. The average Bonchev–Trinajstić information content (AvgIpc) is 2.91. The summed E-state index contributed by atoms with van der Waals surface area (Å²) in [6.07, 6.45) is 5.43. The maximum absolute atomic E-state index is 13.2. The van der Waals surface area contributed by atoms with E-state index in [-0.39, 0.29) is 6.04 Å². The van der Waals surface area contributed by atoms with Crippen LogP contribution in [0.2, 0.25) is 0 Å². The van der Waals surface area contributed by atoms with Gasteiger partial charge in [0.05, 0.1) is 5.69 Å². The number of benzene rings is 1. The van der Waals surface area contributed by atoms with Gasteiger partial charge in [-0.3, -0.25) is 0 Å². The molecule has 1 aliphatic heterocycles. The molecule has 0 amide bonds. The van der Waals surface area contributed by atoms with Crippen LogP contribution in [-0.4, -0.2) is 25.3 Å². The molecular weight excluding hydrogens is 284 g/mol. The third-order valence-corrected chi connectivity index (χ3v) is 7.25. The molecule has 0 aromatic heterocycles. The van der Waals surface area contributed by atoms with Gasteiger partial charge < -0.3 is 5.73 Å². The van der Waals surface area contributed by atoms with Crippen molar-refractivity contribution in [3.8, 4) is 0 Å². The second-order valence-corrected chi connectivity index (χ2v) is 8.29. The number of piperidine rings is 1. The van der Waals surface area contributed by atoms with E-state index >= 15 is 0 Å². The molecule has 1 aromatic rings. The number of nitrogen functional groups attached to an aromatic ring is 1. The molecule has 2 N–H and O–H groups in total. The van der Waals surface area contributed by atoms with Crippen molar-refractivity contribution >= 4 is 15.7 Å². The van der Waals surface area contributed by atoms with Crippen LogP contribution in [-0.2, 0) is 10.0 Å². The van der Waals surface area contributed by atoms with Gasteiger partial charge in [0.15, 0.2) is 0 Å². The number of hydrogen-bond acceptors (Lipinski definition) is 3. The normalized spacial score (nSPS) is 26.8. The predicted octanol–water partition coefficient (Wildman–Crippen LogP) is 2.84. The number of anilines is 1. The summed E-state index contributed by atoms with van der Waals surface area (Å²) in [5.74, 6) is 0.542. The zero-order valence-electron chi connectivity index (χ0n) is 12.8. The van der Waals surface area contributed by atoms with Crippen molar-refractivity contribution in [3.05, 3.63) is 23.3 Å². The molecule has 2 aliphatic rings. The summed E-state index contributed by atoms with van der Waals surface area (Å²) < 4.78 is 28.1. The lowest BCUT2D eigenvalue weighted by atomic mass is 9.94. The lowest BCUT2D eigenvalue weighted by molar-refractivity contribution is 0.202. The maximum atomic E-state index is 13.2. The molecule has 1 saturated heterocycles. The molecule has 4 nitrogen and oxygen atoms in total. The Hall–Kier alpha value is -1.07. The molecule has 2 unspecified atom stereocenters. The number of nitrogens with two attached hydrogens (primary N) is 1. The lowest BCUT2D eigenvalue weighted by Crippen LogP contribution is -2.46.